The smallest absolute Gasteiger partial charge is 0.266 e. The molecule has 6 heteroatoms. The molecule has 2 aromatic rings. The van der Waals surface area contributed by atoms with Gasteiger partial charge in [-0.2, -0.15) is 5.26 Å². The second-order valence-electron chi connectivity index (χ2n) is 5.21. The van der Waals surface area contributed by atoms with Crippen LogP contribution in [-0.2, 0) is 4.79 Å². The van der Waals surface area contributed by atoms with Crippen LogP contribution in [0.3, 0.4) is 0 Å². The molecule has 0 saturated heterocycles. The molecule has 0 spiro atoms. The average molecular weight is 405 g/mol. The molecule has 122 valence electrons. The maximum Gasteiger partial charge on any atom is 0.266 e. The molecule has 0 aliphatic heterocycles. The maximum absolute atomic E-state index is 12.3. The SMILES string of the molecule is CN(C)c1ccc(C=C(C#N)C(=O)Nc2ccccc2Cl)cc1Br. The highest BCUT2D eigenvalue weighted by Gasteiger charge is 2.12. The van der Waals surface area contributed by atoms with Gasteiger partial charge in [0.1, 0.15) is 11.6 Å². The Hall–Kier alpha value is -2.29. The third kappa shape index (κ3) is 4.38. The van der Waals surface area contributed by atoms with Crippen molar-refractivity contribution in [2.45, 2.75) is 0 Å². The summed E-state index contributed by atoms with van der Waals surface area (Å²) in [6.07, 6.45) is 1.54. The van der Waals surface area contributed by atoms with Crippen molar-refractivity contribution < 1.29 is 4.79 Å². The first kappa shape index (κ1) is 18.1. The fourth-order valence-electron chi connectivity index (χ4n) is 2.04. The standard InChI is InChI=1S/C18H15BrClN3O/c1-23(2)17-8-7-12(10-14(17)19)9-13(11-21)18(24)22-16-6-4-3-5-15(16)20/h3-10H,1-2H3,(H,22,24). The highest BCUT2D eigenvalue weighted by atomic mass is 79.9. The van der Waals surface area contributed by atoms with Crippen molar-refractivity contribution in [3.8, 4) is 6.07 Å². The van der Waals surface area contributed by atoms with Crippen molar-refractivity contribution in [2.24, 2.45) is 0 Å². The predicted octanol–water partition coefficient (Wildman–Crippen LogP) is 4.71. The van der Waals surface area contributed by atoms with Gasteiger partial charge in [-0.25, -0.2) is 0 Å². The van der Waals surface area contributed by atoms with E-state index in [0.717, 1.165) is 15.7 Å². The lowest BCUT2D eigenvalue weighted by molar-refractivity contribution is -0.112. The van der Waals surface area contributed by atoms with Crippen LogP contribution in [0, 0.1) is 11.3 Å². The highest BCUT2D eigenvalue weighted by Crippen LogP contribution is 2.27. The van der Waals surface area contributed by atoms with Gasteiger partial charge in [0.25, 0.3) is 5.91 Å². The maximum atomic E-state index is 12.3. The lowest BCUT2D eigenvalue weighted by Gasteiger charge is -2.14. The number of rotatable bonds is 4. The molecule has 0 heterocycles. The van der Waals surface area contributed by atoms with E-state index in [1.54, 1.807) is 24.3 Å². The Morgan fingerprint density at radius 2 is 2.00 bits per heavy atom. The quantitative estimate of drug-likeness (QED) is 0.593. The van der Waals surface area contributed by atoms with Crippen LogP contribution in [0.4, 0.5) is 11.4 Å². The van der Waals surface area contributed by atoms with Gasteiger partial charge in [-0.3, -0.25) is 4.79 Å². The van der Waals surface area contributed by atoms with E-state index in [1.807, 2.05) is 43.3 Å². The molecule has 2 aromatic carbocycles. The number of nitrogens with one attached hydrogen (secondary N) is 1. The van der Waals surface area contributed by atoms with Gasteiger partial charge >= 0.3 is 0 Å². The molecular formula is C18H15BrClN3O. The summed E-state index contributed by atoms with van der Waals surface area (Å²) in [5, 5.41) is 12.3. The van der Waals surface area contributed by atoms with Crippen LogP contribution < -0.4 is 10.2 Å². The molecule has 0 fully saturated rings. The van der Waals surface area contributed by atoms with E-state index in [0.29, 0.717) is 10.7 Å². The largest absolute Gasteiger partial charge is 0.377 e. The summed E-state index contributed by atoms with van der Waals surface area (Å²) in [5.74, 6) is -0.501. The number of nitriles is 1. The summed E-state index contributed by atoms with van der Waals surface area (Å²) in [7, 11) is 3.88. The molecule has 4 nitrogen and oxygen atoms in total. The minimum Gasteiger partial charge on any atom is -0.377 e. The van der Waals surface area contributed by atoms with Crippen LogP contribution in [0.1, 0.15) is 5.56 Å². The number of carbonyl (C=O) groups excluding carboxylic acids is 1. The van der Waals surface area contributed by atoms with E-state index in [1.165, 1.54) is 6.08 Å². The van der Waals surface area contributed by atoms with Crippen molar-refractivity contribution in [3.05, 3.63) is 63.1 Å². The predicted molar refractivity (Wildman–Crippen MR) is 102 cm³/mol. The van der Waals surface area contributed by atoms with Crippen molar-refractivity contribution in [3.63, 3.8) is 0 Å². The topological polar surface area (TPSA) is 56.1 Å². The molecule has 2 rings (SSSR count). The number of anilines is 2. The van der Waals surface area contributed by atoms with Crippen LogP contribution in [0.15, 0.2) is 52.5 Å². The van der Waals surface area contributed by atoms with Gasteiger partial charge in [-0.1, -0.05) is 29.8 Å². The normalized spacial score (nSPS) is 10.9. The molecular weight excluding hydrogens is 390 g/mol. The average Bonchev–Trinajstić information content (AvgIpc) is 2.54. The van der Waals surface area contributed by atoms with Gasteiger partial charge in [-0.15, -0.1) is 0 Å². The van der Waals surface area contributed by atoms with Gasteiger partial charge in [0.15, 0.2) is 0 Å². The molecule has 0 bridgehead atoms. The Labute approximate surface area is 154 Å². The number of hydrogen-bond acceptors (Lipinski definition) is 3. The zero-order chi connectivity index (χ0) is 17.7. The summed E-state index contributed by atoms with van der Waals surface area (Å²) in [6.45, 7) is 0. The molecule has 0 atom stereocenters. The van der Waals surface area contributed by atoms with Crippen LogP contribution >= 0.6 is 27.5 Å². The first-order chi connectivity index (χ1) is 11.4. The lowest BCUT2D eigenvalue weighted by atomic mass is 10.1. The number of benzene rings is 2. The summed E-state index contributed by atoms with van der Waals surface area (Å²) in [5.41, 5.74) is 2.22. The minimum atomic E-state index is -0.501. The Morgan fingerprint density at radius 1 is 1.29 bits per heavy atom. The lowest BCUT2D eigenvalue weighted by Crippen LogP contribution is -2.13. The number of halogens is 2. The van der Waals surface area contributed by atoms with Crippen molar-refractivity contribution >= 4 is 50.9 Å². The third-order valence-electron chi connectivity index (χ3n) is 3.25. The monoisotopic (exact) mass is 403 g/mol. The van der Waals surface area contributed by atoms with Gasteiger partial charge in [0.05, 0.1) is 16.4 Å². The van der Waals surface area contributed by atoms with Gasteiger partial charge in [0, 0.05) is 18.6 Å². The van der Waals surface area contributed by atoms with E-state index in [2.05, 4.69) is 21.2 Å². The zero-order valence-electron chi connectivity index (χ0n) is 13.2. The van der Waals surface area contributed by atoms with E-state index < -0.39 is 5.91 Å². The molecule has 0 aliphatic rings. The fraction of sp³-hybridized carbons (Fsp3) is 0.111. The first-order valence-electron chi connectivity index (χ1n) is 7.07. The summed E-state index contributed by atoms with van der Waals surface area (Å²) in [6, 6.07) is 14.4. The van der Waals surface area contributed by atoms with Crippen LogP contribution in [0.5, 0.6) is 0 Å². The van der Waals surface area contributed by atoms with E-state index in [4.69, 9.17) is 11.6 Å². The first-order valence-corrected chi connectivity index (χ1v) is 8.24. The molecule has 24 heavy (non-hydrogen) atoms. The number of nitrogens with zero attached hydrogens (tertiary/aromatic N) is 2. The van der Waals surface area contributed by atoms with Crippen LogP contribution in [0.25, 0.3) is 6.08 Å². The molecule has 1 amide bonds. The van der Waals surface area contributed by atoms with E-state index >= 15 is 0 Å². The van der Waals surface area contributed by atoms with Crippen LogP contribution in [0.2, 0.25) is 5.02 Å². The fourth-order valence-corrected chi connectivity index (χ4v) is 2.98. The molecule has 0 aromatic heterocycles. The zero-order valence-corrected chi connectivity index (χ0v) is 15.5. The van der Waals surface area contributed by atoms with E-state index in [-0.39, 0.29) is 5.57 Å². The number of amides is 1. The number of carbonyl (C=O) groups is 1. The molecule has 0 aliphatic carbocycles. The second-order valence-corrected chi connectivity index (χ2v) is 6.47. The summed E-state index contributed by atoms with van der Waals surface area (Å²) < 4.78 is 0.880. The van der Waals surface area contributed by atoms with E-state index in [9.17, 15) is 10.1 Å². The van der Waals surface area contributed by atoms with Gasteiger partial charge < -0.3 is 10.2 Å². The second kappa shape index (κ2) is 8.00. The van der Waals surface area contributed by atoms with Crippen molar-refractivity contribution in [2.75, 3.05) is 24.3 Å². The number of hydrogen-bond donors (Lipinski definition) is 1. The molecule has 0 saturated carbocycles. The van der Waals surface area contributed by atoms with Gasteiger partial charge in [-0.05, 0) is 51.8 Å². The van der Waals surface area contributed by atoms with Crippen molar-refractivity contribution in [1.29, 1.82) is 5.26 Å². The molecule has 0 radical (unpaired) electrons. The Bertz CT molecular complexity index is 840. The summed E-state index contributed by atoms with van der Waals surface area (Å²) in [4.78, 5) is 14.2. The van der Waals surface area contributed by atoms with Crippen LogP contribution in [-0.4, -0.2) is 20.0 Å². The number of para-hydroxylation sites is 1. The minimum absolute atomic E-state index is 0.000534. The third-order valence-corrected chi connectivity index (χ3v) is 4.22. The van der Waals surface area contributed by atoms with Crippen molar-refractivity contribution in [1.82, 2.24) is 0 Å². The summed E-state index contributed by atoms with van der Waals surface area (Å²) >= 11 is 9.50. The Kier molecular flexibility index (Phi) is 6.02. The highest BCUT2D eigenvalue weighted by molar-refractivity contribution is 9.10. The van der Waals surface area contributed by atoms with Gasteiger partial charge in [0.2, 0.25) is 0 Å². The Morgan fingerprint density at radius 3 is 2.58 bits per heavy atom. The molecule has 0 unspecified atom stereocenters. The molecule has 1 N–H and O–H groups in total. The Balaban J connectivity index is 2.26.